The normalized spacial score (nSPS) is 26.5. The fourth-order valence-corrected chi connectivity index (χ4v) is 4.56. The number of pyridine rings is 1. The summed E-state index contributed by atoms with van der Waals surface area (Å²) in [5.41, 5.74) is 2.92. The Bertz CT molecular complexity index is 773. The van der Waals surface area contributed by atoms with Gasteiger partial charge in [0.2, 0.25) is 0 Å². The minimum Gasteiger partial charge on any atom is -0.469 e. The van der Waals surface area contributed by atoms with Crippen LogP contribution in [0.5, 0.6) is 0 Å². The maximum atomic E-state index is 12.5. The Hall–Kier alpha value is -2.10. The number of nitrogens with zero attached hydrogens (tertiary/aromatic N) is 2. The highest BCUT2D eigenvalue weighted by Gasteiger charge is 2.55. The van der Waals surface area contributed by atoms with E-state index in [9.17, 15) is 4.79 Å². The van der Waals surface area contributed by atoms with Gasteiger partial charge in [-0.25, -0.2) is 0 Å². The van der Waals surface area contributed by atoms with Gasteiger partial charge in [0.05, 0.1) is 18.0 Å². The van der Waals surface area contributed by atoms with E-state index in [0.717, 1.165) is 48.9 Å². The van der Waals surface area contributed by atoms with Gasteiger partial charge in [0.15, 0.2) is 0 Å². The van der Waals surface area contributed by atoms with Crippen LogP contribution in [0.15, 0.2) is 30.3 Å². The maximum absolute atomic E-state index is 12.5. The summed E-state index contributed by atoms with van der Waals surface area (Å²) in [6.07, 6.45) is 3.19. The monoisotopic (exact) mass is 310 g/mol. The summed E-state index contributed by atoms with van der Waals surface area (Å²) < 4.78 is 5.16. The summed E-state index contributed by atoms with van der Waals surface area (Å²) in [5.74, 6) is 0.375. The topological polar surface area (TPSA) is 42.4 Å². The Kier molecular flexibility index (Phi) is 3.29. The third-order valence-electron chi connectivity index (χ3n) is 5.63. The molecule has 0 amide bonds. The van der Waals surface area contributed by atoms with E-state index in [2.05, 4.69) is 34.1 Å². The van der Waals surface area contributed by atoms with Crippen LogP contribution in [0.2, 0.25) is 0 Å². The summed E-state index contributed by atoms with van der Waals surface area (Å²) in [6, 6.07) is 10.4. The summed E-state index contributed by atoms with van der Waals surface area (Å²) in [4.78, 5) is 19.5. The van der Waals surface area contributed by atoms with Crippen molar-refractivity contribution in [3.05, 3.63) is 36.0 Å². The summed E-state index contributed by atoms with van der Waals surface area (Å²) in [5, 5.41) is 1.16. The summed E-state index contributed by atoms with van der Waals surface area (Å²) in [7, 11) is 1.51. The minimum atomic E-state index is -0.312. The molecule has 4 heteroatoms. The number of fused-ring (bicyclic) bond motifs is 2. The average Bonchev–Trinajstić information content (AvgIpc) is 3.11. The number of anilines is 1. The second kappa shape index (κ2) is 5.22. The number of aromatic nitrogens is 1. The fraction of sp³-hybridized carbons (Fsp3) is 0.474. The molecule has 1 aliphatic carbocycles. The van der Waals surface area contributed by atoms with E-state index in [0.29, 0.717) is 5.92 Å². The molecular formula is C19H22N2O2. The molecule has 2 aromatic rings. The Morgan fingerprint density at radius 3 is 3.04 bits per heavy atom. The van der Waals surface area contributed by atoms with Gasteiger partial charge in [0, 0.05) is 29.9 Å². The number of carbonyl (C=O) groups excluding carboxylic acids is 1. The number of hydrogen-bond acceptors (Lipinski definition) is 4. The van der Waals surface area contributed by atoms with Crippen molar-refractivity contribution in [2.45, 2.75) is 26.2 Å². The molecule has 1 saturated carbocycles. The average molecular weight is 310 g/mol. The largest absolute Gasteiger partial charge is 0.469 e. The standard InChI is InChI=1S/C19H22N2O2/c1-13-10-17(15-7-3-4-8-16(15)20-13)21-11-14-6-5-9-19(14,12-21)18(22)23-2/h3-4,7-8,10,14H,5-6,9,11-12H2,1-2H3. The van der Waals surface area contributed by atoms with Gasteiger partial charge in [0.25, 0.3) is 0 Å². The lowest BCUT2D eigenvalue weighted by Crippen LogP contribution is -2.37. The number of ether oxygens (including phenoxy) is 1. The smallest absolute Gasteiger partial charge is 0.313 e. The van der Waals surface area contributed by atoms with Gasteiger partial charge in [-0.3, -0.25) is 9.78 Å². The van der Waals surface area contributed by atoms with E-state index >= 15 is 0 Å². The first kappa shape index (κ1) is 14.5. The van der Waals surface area contributed by atoms with Gasteiger partial charge in [-0.05, 0) is 37.8 Å². The molecule has 4 nitrogen and oxygen atoms in total. The molecule has 0 bridgehead atoms. The van der Waals surface area contributed by atoms with E-state index in [1.54, 1.807) is 0 Å². The first-order valence-corrected chi connectivity index (χ1v) is 8.34. The van der Waals surface area contributed by atoms with E-state index in [1.165, 1.54) is 12.8 Å². The highest BCUT2D eigenvalue weighted by Crippen LogP contribution is 2.51. The molecule has 2 unspecified atom stereocenters. The quantitative estimate of drug-likeness (QED) is 0.798. The van der Waals surface area contributed by atoms with Crippen LogP contribution in [0.3, 0.4) is 0 Å². The minimum absolute atomic E-state index is 0.0300. The highest BCUT2D eigenvalue weighted by atomic mass is 16.5. The molecule has 1 saturated heterocycles. The molecule has 2 aliphatic rings. The lowest BCUT2D eigenvalue weighted by atomic mass is 9.81. The molecule has 120 valence electrons. The summed E-state index contributed by atoms with van der Waals surface area (Å²) >= 11 is 0. The first-order valence-electron chi connectivity index (χ1n) is 8.34. The van der Waals surface area contributed by atoms with Gasteiger partial charge >= 0.3 is 5.97 Å². The molecule has 0 spiro atoms. The van der Waals surface area contributed by atoms with Crippen LogP contribution in [0, 0.1) is 18.3 Å². The van der Waals surface area contributed by atoms with Crippen molar-refractivity contribution >= 4 is 22.6 Å². The number of carbonyl (C=O) groups is 1. The van der Waals surface area contributed by atoms with Gasteiger partial charge in [0.1, 0.15) is 0 Å². The van der Waals surface area contributed by atoms with Crippen LogP contribution in [0.25, 0.3) is 10.9 Å². The van der Waals surface area contributed by atoms with Crippen molar-refractivity contribution in [1.82, 2.24) is 4.98 Å². The number of benzene rings is 1. The third kappa shape index (κ3) is 2.12. The molecule has 0 N–H and O–H groups in total. The van der Waals surface area contributed by atoms with Crippen molar-refractivity contribution in [3.8, 4) is 0 Å². The molecule has 1 aromatic heterocycles. The molecule has 2 heterocycles. The van der Waals surface area contributed by atoms with Crippen LogP contribution >= 0.6 is 0 Å². The van der Waals surface area contributed by atoms with E-state index in [4.69, 9.17) is 4.74 Å². The number of aryl methyl sites for hydroxylation is 1. The zero-order chi connectivity index (χ0) is 16.0. The van der Waals surface area contributed by atoms with Gasteiger partial charge in [-0.2, -0.15) is 0 Å². The Morgan fingerprint density at radius 2 is 2.22 bits per heavy atom. The van der Waals surface area contributed by atoms with Crippen LogP contribution in [0.4, 0.5) is 5.69 Å². The summed E-state index contributed by atoms with van der Waals surface area (Å²) in [6.45, 7) is 3.73. The molecule has 0 radical (unpaired) electrons. The maximum Gasteiger partial charge on any atom is 0.313 e. The zero-order valence-electron chi connectivity index (χ0n) is 13.7. The van der Waals surface area contributed by atoms with Crippen LogP contribution in [-0.2, 0) is 9.53 Å². The zero-order valence-corrected chi connectivity index (χ0v) is 13.7. The SMILES string of the molecule is COC(=O)C12CCCC1CN(c1cc(C)nc3ccccc13)C2. The molecular weight excluding hydrogens is 288 g/mol. The predicted molar refractivity (Wildman–Crippen MR) is 90.5 cm³/mol. The lowest BCUT2D eigenvalue weighted by molar-refractivity contribution is -0.152. The first-order chi connectivity index (χ1) is 11.1. The molecule has 2 fully saturated rings. The van der Waals surface area contributed by atoms with E-state index < -0.39 is 0 Å². The van der Waals surface area contributed by atoms with Crippen molar-refractivity contribution < 1.29 is 9.53 Å². The van der Waals surface area contributed by atoms with Gasteiger partial charge in [-0.1, -0.05) is 24.6 Å². The van der Waals surface area contributed by atoms with Crippen molar-refractivity contribution in [2.24, 2.45) is 11.3 Å². The van der Waals surface area contributed by atoms with Crippen molar-refractivity contribution in [3.63, 3.8) is 0 Å². The van der Waals surface area contributed by atoms with E-state index in [1.807, 2.05) is 13.0 Å². The van der Waals surface area contributed by atoms with Crippen molar-refractivity contribution in [1.29, 1.82) is 0 Å². The number of para-hydroxylation sites is 1. The second-order valence-corrected chi connectivity index (χ2v) is 6.92. The molecule has 1 aromatic carbocycles. The highest BCUT2D eigenvalue weighted by molar-refractivity contribution is 5.92. The van der Waals surface area contributed by atoms with Gasteiger partial charge in [-0.15, -0.1) is 0 Å². The van der Waals surface area contributed by atoms with Crippen molar-refractivity contribution in [2.75, 3.05) is 25.1 Å². The number of rotatable bonds is 2. The third-order valence-corrected chi connectivity index (χ3v) is 5.63. The molecule has 23 heavy (non-hydrogen) atoms. The molecule has 2 atom stereocenters. The Balaban J connectivity index is 1.77. The lowest BCUT2D eigenvalue weighted by Gasteiger charge is -2.26. The Morgan fingerprint density at radius 1 is 1.39 bits per heavy atom. The number of esters is 1. The molecule has 4 rings (SSSR count). The van der Waals surface area contributed by atoms with Gasteiger partial charge < -0.3 is 9.64 Å². The predicted octanol–water partition coefficient (Wildman–Crippen LogP) is 3.32. The Labute approximate surface area is 136 Å². The number of hydrogen-bond donors (Lipinski definition) is 0. The number of methoxy groups -OCH3 is 1. The second-order valence-electron chi connectivity index (χ2n) is 6.92. The van der Waals surface area contributed by atoms with E-state index in [-0.39, 0.29) is 11.4 Å². The molecule has 1 aliphatic heterocycles. The fourth-order valence-electron chi connectivity index (χ4n) is 4.56. The van der Waals surface area contributed by atoms with Crippen LogP contribution in [0.1, 0.15) is 25.0 Å². The van der Waals surface area contributed by atoms with Crippen LogP contribution < -0.4 is 4.90 Å². The van der Waals surface area contributed by atoms with Crippen LogP contribution in [-0.4, -0.2) is 31.2 Å².